The van der Waals surface area contributed by atoms with E-state index < -0.39 is 0 Å². The third kappa shape index (κ3) is 4.28. The number of para-hydroxylation sites is 4. The molecule has 2 aliphatic heterocycles. The summed E-state index contributed by atoms with van der Waals surface area (Å²) in [4.78, 5) is 4.86. The van der Waals surface area contributed by atoms with Crippen LogP contribution < -0.4 is 14.5 Å². The van der Waals surface area contributed by atoms with E-state index in [0.29, 0.717) is 0 Å². The maximum atomic E-state index is 6.78. The molecule has 0 radical (unpaired) electrons. The Hall–Kier alpha value is -6.78. The minimum Gasteiger partial charge on any atom is -0.453 e. The molecule has 3 heterocycles. The van der Waals surface area contributed by atoms with Gasteiger partial charge in [-0.3, -0.25) is 0 Å². The molecule has 3 aliphatic rings. The van der Waals surface area contributed by atoms with Gasteiger partial charge in [-0.1, -0.05) is 121 Å². The van der Waals surface area contributed by atoms with Crippen LogP contribution in [0, 0.1) is 0 Å². The third-order valence-corrected chi connectivity index (χ3v) is 10.8. The van der Waals surface area contributed by atoms with E-state index in [4.69, 9.17) is 4.74 Å². The number of allylic oxidation sites excluding steroid dienone is 2. The van der Waals surface area contributed by atoms with E-state index in [1.807, 2.05) is 0 Å². The van der Waals surface area contributed by atoms with Gasteiger partial charge in [-0.15, -0.1) is 0 Å². The normalized spacial score (nSPS) is 16.4. The lowest BCUT2D eigenvalue weighted by atomic mass is 9.88. The highest BCUT2D eigenvalue weighted by molar-refractivity contribution is 6.15. The van der Waals surface area contributed by atoms with Crippen molar-refractivity contribution in [1.29, 1.82) is 0 Å². The van der Waals surface area contributed by atoms with Crippen molar-refractivity contribution in [2.24, 2.45) is 0 Å². The van der Waals surface area contributed by atoms with Crippen LogP contribution in [0.3, 0.4) is 0 Å². The van der Waals surface area contributed by atoms with E-state index in [0.717, 1.165) is 45.5 Å². The van der Waals surface area contributed by atoms with Gasteiger partial charge in [0.25, 0.3) is 0 Å². The zero-order valence-electron chi connectivity index (χ0n) is 28.3. The van der Waals surface area contributed by atoms with Gasteiger partial charge >= 0.3 is 0 Å². The molecule has 4 heteroatoms. The maximum Gasteiger partial charge on any atom is 0.153 e. The van der Waals surface area contributed by atoms with Gasteiger partial charge in [-0.05, 0) is 77.4 Å². The summed E-state index contributed by atoms with van der Waals surface area (Å²) in [6.45, 7) is 0. The summed E-state index contributed by atoms with van der Waals surface area (Å²) in [6.07, 6.45) is 9.10. The monoisotopic (exact) mass is 667 g/mol. The maximum absolute atomic E-state index is 6.78. The predicted octanol–water partition coefficient (Wildman–Crippen LogP) is 12.8. The Morgan fingerprint density at radius 2 is 1.21 bits per heavy atom. The Morgan fingerprint density at radius 3 is 2.10 bits per heavy atom. The minimum absolute atomic E-state index is 0.186. The van der Waals surface area contributed by atoms with Gasteiger partial charge in [0, 0.05) is 45.5 Å². The topological polar surface area (TPSA) is 20.6 Å². The predicted molar refractivity (Wildman–Crippen MR) is 214 cm³/mol. The summed E-state index contributed by atoms with van der Waals surface area (Å²) in [5.74, 6) is 2.00. The molecule has 0 spiro atoms. The molecule has 246 valence electrons. The lowest BCUT2D eigenvalue weighted by Gasteiger charge is -2.33. The smallest absolute Gasteiger partial charge is 0.153 e. The van der Waals surface area contributed by atoms with E-state index in [1.54, 1.807) is 0 Å². The second-order valence-corrected chi connectivity index (χ2v) is 13.7. The SMILES string of the molecule is C1=CC2c3c4c(cc5c3c3ccccc3n5-c3cccc(N(c5ccccc5)c5cccc(-c6ccccc6)c5)c3)Oc3ccccc3N4C2C=C1. The Bertz CT molecular complexity index is 2740. The number of hydrogen-bond acceptors (Lipinski definition) is 3. The summed E-state index contributed by atoms with van der Waals surface area (Å²) in [7, 11) is 0. The van der Waals surface area contributed by atoms with Gasteiger partial charge in [0.1, 0.15) is 0 Å². The van der Waals surface area contributed by atoms with E-state index in [-0.39, 0.29) is 12.0 Å². The molecule has 0 saturated heterocycles. The molecule has 2 unspecified atom stereocenters. The first-order valence-corrected chi connectivity index (χ1v) is 17.9. The van der Waals surface area contributed by atoms with E-state index in [9.17, 15) is 0 Å². The van der Waals surface area contributed by atoms with Gasteiger partial charge < -0.3 is 19.1 Å². The summed E-state index contributed by atoms with van der Waals surface area (Å²) in [5.41, 5.74) is 12.7. The van der Waals surface area contributed by atoms with Crippen molar-refractivity contribution in [2.45, 2.75) is 12.0 Å². The van der Waals surface area contributed by atoms with Crippen molar-refractivity contribution in [2.75, 3.05) is 9.80 Å². The highest BCUT2D eigenvalue weighted by Gasteiger charge is 2.44. The number of aromatic nitrogens is 1. The highest BCUT2D eigenvalue weighted by atomic mass is 16.5. The van der Waals surface area contributed by atoms with Gasteiger partial charge in [-0.2, -0.15) is 0 Å². The molecule has 4 nitrogen and oxygen atoms in total. The number of fused-ring (bicyclic) bond motifs is 9. The van der Waals surface area contributed by atoms with Gasteiger partial charge in [-0.25, -0.2) is 0 Å². The molecule has 52 heavy (non-hydrogen) atoms. The fourth-order valence-electron chi connectivity index (χ4n) is 8.70. The molecule has 0 N–H and O–H groups in total. The number of benzene rings is 7. The molecule has 0 saturated carbocycles. The van der Waals surface area contributed by atoms with Crippen molar-refractivity contribution in [3.05, 3.63) is 194 Å². The molecule has 11 rings (SSSR count). The summed E-state index contributed by atoms with van der Waals surface area (Å²) >= 11 is 0. The first kappa shape index (κ1) is 29.0. The van der Waals surface area contributed by atoms with Crippen molar-refractivity contribution < 1.29 is 4.74 Å². The minimum atomic E-state index is 0.186. The first-order valence-electron chi connectivity index (χ1n) is 17.9. The van der Waals surface area contributed by atoms with Gasteiger partial charge in [0.05, 0.1) is 28.5 Å². The fraction of sp³-hybridized carbons (Fsp3) is 0.0417. The van der Waals surface area contributed by atoms with Crippen LogP contribution in [0.5, 0.6) is 11.5 Å². The summed E-state index contributed by atoms with van der Waals surface area (Å²) < 4.78 is 9.21. The van der Waals surface area contributed by atoms with E-state index >= 15 is 0 Å². The Morgan fingerprint density at radius 1 is 0.519 bits per heavy atom. The average molecular weight is 668 g/mol. The zero-order chi connectivity index (χ0) is 34.2. The number of nitrogens with zero attached hydrogens (tertiary/aromatic N) is 3. The van der Waals surface area contributed by atoms with Crippen molar-refractivity contribution in [3.63, 3.8) is 0 Å². The molecular formula is C48H33N3O. The van der Waals surface area contributed by atoms with E-state index in [2.05, 4.69) is 202 Å². The lowest BCUT2D eigenvalue weighted by molar-refractivity contribution is 0.474. The lowest BCUT2D eigenvalue weighted by Crippen LogP contribution is -2.30. The molecule has 7 aromatic carbocycles. The molecule has 8 aromatic rings. The Kier molecular flexibility index (Phi) is 6.34. The van der Waals surface area contributed by atoms with Gasteiger partial charge in [0.15, 0.2) is 11.5 Å². The van der Waals surface area contributed by atoms with Crippen LogP contribution in [0.4, 0.5) is 28.4 Å². The molecule has 1 aromatic heterocycles. The Balaban J connectivity index is 1.14. The molecule has 2 atom stereocenters. The molecule has 0 bridgehead atoms. The van der Waals surface area contributed by atoms with Crippen LogP contribution in [0.1, 0.15) is 11.5 Å². The largest absolute Gasteiger partial charge is 0.453 e. The quantitative estimate of drug-likeness (QED) is 0.182. The van der Waals surface area contributed by atoms with Crippen LogP contribution >= 0.6 is 0 Å². The van der Waals surface area contributed by atoms with Crippen LogP contribution in [0.25, 0.3) is 38.6 Å². The van der Waals surface area contributed by atoms with Crippen molar-refractivity contribution >= 4 is 50.2 Å². The average Bonchev–Trinajstić information content (AvgIpc) is 3.73. The first-order chi connectivity index (χ1) is 25.8. The fourth-order valence-corrected chi connectivity index (χ4v) is 8.70. The standard InChI is InChI=1S/C48H33N3O/c1-3-15-32(16-4-1)33-17-13-20-35(29-33)49(34-18-5-2-6-19-34)36-21-14-22-37(30-36)50-40-25-9-7-23-38(40)46-43(50)31-45-48-47(46)39-24-8-10-26-41(39)51(48)42-27-11-12-28-44(42)52-45/h1-31,39,41H. The third-order valence-electron chi connectivity index (χ3n) is 10.8. The number of hydrogen-bond donors (Lipinski definition) is 0. The summed E-state index contributed by atoms with van der Waals surface area (Å²) in [6, 6.07) is 58.7. The second kappa shape index (κ2) is 11.4. The van der Waals surface area contributed by atoms with Crippen LogP contribution in [0.2, 0.25) is 0 Å². The zero-order valence-corrected chi connectivity index (χ0v) is 28.3. The molecular weight excluding hydrogens is 635 g/mol. The number of anilines is 5. The number of rotatable bonds is 5. The molecule has 0 fully saturated rings. The Labute approximate surface area is 302 Å². The van der Waals surface area contributed by atoms with Crippen LogP contribution in [-0.4, -0.2) is 10.6 Å². The molecule has 0 amide bonds. The second-order valence-electron chi connectivity index (χ2n) is 13.7. The van der Waals surface area contributed by atoms with Crippen LogP contribution in [0.15, 0.2) is 188 Å². The van der Waals surface area contributed by atoms with Crippen molar-refractivity contribution in [3.8, 4) is 28.3 Å². The van der Waals surface area contributed by atoms with Crippen LogP contribution in [-0.2, 0) is 0 Å². The summed E-state index contributed by atoms with van der Waals surface area (Å²) in [5, 5.41) is 2.54. The highest BCUT2D eigenvalue weighted by Crippen LogP contribution is 2.60. The molecule has 1 aliphatic carbocycles. The van der Waals surface area contributed by atoms with Crippen molar-refractivity contribution in [1.82, 2.24) is 4.57 Å². The van der Waals surface area contributed by atoms with Gasteiger partial charge in [0.2, 0.25) is 0 Å². The van der Waals surface area contributed by atoms with E-state index in [1.165, 1.54) is 38.7 Å². The number of ether oxygens (including phenoxy) is 1.